The predicted molar refractivity (Wildman–Crippen MR) is 99.3 cm³/mol. The van der Waals surface area contributed by atoms with E-state index in [1.54, 1.807) is 18.2 Å². The smallest absolute Gasteiger partial charge is 0.326 e. The van der Waals surface area contributed by atoms with Crippen LogP contribution in [0.4, 0.5) is 22.2 Å². The summed E-state index contributed by atoms with van der Waals surface area (Å²) in [5.41, 5.74) is 1.28. The fourth-order valence-electron chi connectivity index (χ4n) is 1.95. The van der Waals surface area contributed by atoms with Crippen molar-refractivity contribution >= 4 is 46.7 Å². The lowest BCUT2D eigenvalue weighted by Gasteiger charge is -2.10. The average Bonchev–Trinajstić information content (AvgIpc) is 2.50. The monoisotopic (exact) mass is 367 g/mol. The van der Waals surface area contributed by atoms with Gasteiger partial charge in [0.25, 0.3) is 0 Å². The van der Waals surface area contributed by atoms with Gasteiger partial charge in [0.2, 0.25) is 5.95 Å². The van der Waals surface area contributed by atoms with Gasteiger partial charge >= 0.3 is 6.03 Å². The van der Waals surface area contributed by atoms with Crippen molar-refractivity contribution in [3.8, 4) is 0 Å². The van der Waals surface area contributed by atoms with Gasteiger partial charge in [0.1, 0.15) is 5.82 Å². The second-order valence-corrected chi connectivity index (χ2v) is 6.02. The number of unbranched alkanes of at least 4 members (excludes halogenated alkanes) is 1. The molecule has 0 spiro atoms. The summed E-state index contributed by atoms with van der Waals surface area (Å²) in [4.78, 5) is 20.5. The summed E-state index contributed by atoms with van der Waals surface area (Å²) in [6.45, 7) is 4.78. The van der Waals surface area contributed by atoms with E-state index in [4.69, 9.17) is 23.2 Å². The summed E-state index contributed by atoms with van der Waals surface area (Å²) in [6.07, 6.45) is 2.14. The van der Waals surface area contributed by atoms with E-state index in [2.05, 4.69) is 32.8 Å². The Kier molecular flexibility index (Phi) is 6.63. The minimum Gasteiger partial charge on any atom is -0.370 e. The van der Waals surface area contributed by atoms with Crippen LogP contribution in [-0.2, 0) is 0 Å². The molecular weight excluding hydrogens is 349 g/mol. The van der Waals surface area contributed by atoms with Gasteiger partial charge in [-0.25, -0.2) is 9.78 Å². The van der Waals surface area contributed by atoms with Crippen molar-refractivity contribution in [3.05, 3.63) is 40.0 Å². The average molecular weight is 368 g/mol. The van der Waals surface area contributed by atoms with Gasteiger partial charge in [-0.15, -0.1) is 0 Å². The van der Waals surface area contributed by atoms with Crippen molar-refractivity contribution in [2.75, 3.05) is 22.5 Å². The lowest BCUT2D eigenvalue weighted by Crippen LogP contribution is -2.21. The second-order valence-electron chi connectivity index (χ2n) is 5.21. The van der Waals surface area contributed by atoms with E-state index in [1.165, 1.54) is 0 Å². The van der Waals surface area contributed by atoms with Gasteiger partial charge in [-0.05, 0) is 31.5 Å². The number of anilines is 3. The summed E-state index contributed by atoms with van der Waals surface area (Å²) in [6, 6.07) is 6.20. The molecule has 8 heteroatoms. The lowest BCUT2D eigenvalue weighted by atomic mass is 10.3. The van der Waals surface area contributed by atoms with Gasteiger partial charge in [-0.2, -0.15) is 4.98 Å². The number of amides is 2. The van der Waals surface area contributed by atoms with Crippen LogP contribution in [0.1, 0.15) is 25.5 Å². The third-order valence-electron chi connectivity index (χ3n) is 3.09. The maximum Gasteiger partial charge on any atom is 0.326 e. The van der Waals surface area contributed by atoms with E-state index in [0.717, 1.165) is 25.1 Å². The van der Waals surface area contributed by atoms with E-state index < -0.39 is 6.03 Å². The molecule has 0 atom stereocenters. The number of aryl methyl sites for hydroxylation is 1. The minimum absolute atomic E-state index is 0.228. The summed E-state index contributed by atoms with van der Waals surface area (Å²) in [7, 11) is 0. The number of halogens is 2. The highest BCUT2D eigenvalue weighted by Crippen LogP contribution is 2.25. The first kappa shape index (κ1) is 18.3. The molecule has 0 radical (unpaired) electrons. The van der Waals surface area contributed by atoms with Crippen molar-refractivity contribution in [3.63, 3.8) is 0 Å². The standard InChI is InChI=1S/C16H19Cl2N5O/c1-3-4-7-19-14-8-10(2)20-15(22-14)23-16(24)21-11-5-6-12(17)13(18)9-11/h5-6,8-9H,3-4,7H2,1-2H3,(H3,19,20,21,22,23,24). The van der Waals surface area contributed by atoms with Gasteiger partial charge in [0, 0.05) is 24.0 Å². The zero-order valence-corrected chi connectivity index (χ0v) is 15.0. The van der Waals surface area contributed by atoms with Crippen LogP contribution in [0.3, 0.4) is 0 Å². The molecule has 1 aromatic carbocycles. The van der Waals surface area contributed by atoms with Crippen LogP contribution >= 0.6 is 23.2 Å². The van der Waals surface area contributed by atoms with Crippen LogP contribution in [-0.4, -0.2) is 22.5 Å². The summed E-state index contributed by atoms with van der Waals surface area (Å²) in [5.74, 6) is 0.910. The molecule has 2 aromatic rings. The summed E-state index contributed by atoms with van der Waals surface area (Å²) < 4.78 is 0. The molecule has 3 N–H and O–H groups in total. The number of nitrogens with zero attached hydrogens (tertiary/aromatic N) is 2. The van der Waals surface area contributed by atoms with Gasteiger partial charge < -0.3 is 10.6 Å². The Morgan fingerprint density at radius 2 is 1.92 bits per heavy atom. The van der Waals surface area contributed by atoms with Crippen LogP contribution in [0.25, 0.3) is 0 Å². The second kappa shape index (κ2) is 8.70. The summed E-state index contributed by atoms with van der Waals surface area (Å²) in [5, 5.41) is 9.26. The molecular formula is C16H19Cl2N5O. The molecule has 0 aliphatic carbocycles. The van der Waals surface area contributed by atoms with Crippen LogP contribution in [0.15, 0.2) is 24.3 Å². The third kappa shape index (κ3) is 5.54. The summed E-state index contributed by atoms with van der Waals surface area (Å²) >= 11 is 11.8. The number of nitrogens with one attached hydrogen (secondary N) is 3. The van der Waals surface area contributed by atoms with Gasteiger partial charge in [0.05, 0.1) is 10.0 Å². The zero-order chi connectivity index (χ0) is 17.5. The predicted octanol–water partition coefficient (Wildman–Crippen LogP) is 4.95. The zero-order valence-electron chi connectivity index (χ0n) is 13.5. The highest BCUT2D eigenvalue weighted by atomic mass is 35.5. The van der Waals surface area contributed by atoms with Crippen molar-refractivity contribution < 1.29 is 4.79 Å². The number of benzene rings is 1. The Balaban J connectivity index is 2.01. The SMILES string of the molecule is CCCCNc1cc(C)nc(NC(=O)Nc2ccc(Cl)c(Cl)c2)n1. The molecule has 0 bridgehead atoms. The highest BCUT2D eigenvalue weighted by Gasteiger charge is 2.08. The van der Waals surface area contributed by atoms with Crippen LogP contribution in [0.5, 0.6) is 0 Å². The van der Waals surface area contributed by atoms with Gasteiger partial charge in [0.15, 0.2) is 0 Å². The number of carbonyl (C=O) groups is 1. The van der Waals surface area contributed by atoms with Crippen molar-refractivity contribution in [1.29, 1.82) is 0 Å². The number of hydrogen-bond donors (Lipinski definition) is 3. The largest absolute Gasteiger partial charge is 0.370 e. The molecule has 0 saturated heterocycles. The van der Waals surface area contributed by atoms with E-state index in [-0.39, 0.29) is 5.95 Å². The Labute approximate surface area is 151 Å². The number of rotatable bonds is 6. The first-order valence-electron chi connectivity index (χ1n) is 7.60. The molecule has 2 rings (SSSR count). The van der Waals surface area contributed by atoms with Crippen molar-refractivity contribution in [2.24, 2.45) is 0 Å². The first-order chi connectivity index (χ1) is 11.5. The third-order valence-corrected chi connectivity index (χ3v) is 3.83. The maximum atomic E-state index is 12.1. The number of urea groups is 1. The fraction of sp³-hybridized carbons (Fsp3) is 0.312. The van der Waals surface area contributed by atoms with Gasteiger partial charge in [-0.1, -0.05) is 36.5 Å². The fourth-order valence-corrected chi connectivity index (χ4v) is 2.24. The molecule has 128 valence electrons. The molecule has 2 amide bonds. The van der Waals surface area contributed by atoms with Gasteiger partial charge in [-0.3, -0.25) is 5.32 Å². The van der Waals surface area contributed by atoms with Crippen LogP contribution < -0.4 is 16.0 Å². The van der Waals surface area contributed by atoms with E-state index in [9.17, 15) is 4.79 Å². The molecule has 0 aliphatic heterocycles. The topological polar surface area (TPSA) is 78.9 Å². The number of aromatic nitrogens is 2. The van der Waals surface area contributed by atoms with Crippen LogP contribution in [0, 0.1) is 6.92 Å². The Hall–Kier alpha value is -2.05. The Bertz CT molecular complexity index is 724. The van der Waals surface area contributed by atoms with E-state index in [1.807, 2.05) is 13.0 Å². The number of hydrogen-bond acceptors (Lipinski definition) is 4. The minimum atomic E-state index is -0.460. The molecule has 1 heterocycles. The molecule has 6 nitrogen and oxygen atoms in total. The van der Waals surface area contributed by atoms with E-state index >= 15 is 0 Å². The quantitative estimate of drug-likeness (QED) is 0.631. The van der Waals surface area contributed by atoms with Crippen LogP contribution in [0.2, 0.25) is 10.0 Å². The molecule has 0 unspecified atom stereocenters. The molecule has 24 heavy (non-hydrogen) atoms. The van der Waals surface area contributed by atoms with E-state index in [0.29, 0.717) is 21.6 Å². The molecule has 0 aliphatic rings. The molecule has 0 fully saturated rings. The molecule has 0 saturated carbocycles. The molecule has 1 aromatic heterocycles. The Morgan fingerprint density at radius 3 is 2.62 bits per heavy atom. The number of carbonyl (C=O) groups excluding carboxylic acids is 1. The Morgan fingerprint density at radius 1 is 1.12 bits per heavy atom. The lowest BCUT2D eigenvalue weighted by molar-refractivity contribution is 0.262. The van der Waals surface area contributed by atoms with Crippen molar-refractivity contribution in [1.82, 2.24) is 9.97 Å². The van der Waals surface area contributed by atoms with Crippen molar-refractivity contribution in [2.45, 2.75) is 26.7 Å². The highest BCUT2D eigenvalue weighted by molar-refractivity contribution is 6.42. The first-order valence-corrected chi connectivity index (χ1v) is 8.36. The normalized spacial score (nSPS) is 10.3. The maximum absolute atomic E-state index is 12.1.